The van der Waals surface area contributed by atoms with Crippen LogP contribution in [0.1, 0.15) is 5.56 Å². The Labute approximate surface area is 100 Å². The molecule has 0 unspecified atom stereocenters. The average molecular weight is 236 g/mol. The maximum absolute atomic E-state index is 11.4. The number of carbonyl (C=O) groups excluding carboxylic acids is 1. The predicted octanol–water partition coefficient (Wildman–Crippen LogP) is 1.23. The topological polar surface area (TPSA) is 50.8 Å². The fourth-order valence-corrected chi connectivity index (χ4v) is 1.84. The largest absolute Gasteiger partial charge is 0.497 e. The Kier molecular flexibility index (Phi) is 3.37. The molecule has 1 aromatic rings. The number of nitrogens with zero attached hydrogens (tertiary/aromatic N) is 1. The van der Waals surface area contributed by atoms with Crippen molar-refractivity contribution >= 4 is 6.03 Å². The van der Waals surface area contributed by atoms with E-state index in [4.69, 9.17) is 9.47 Å². The molecule has 17 heavy (non-hydrogen) atoms. The molecule has 0 bridgehead atoms. The van der Waals surface area contributed by atoms with Crippen LogP contribution in [0, 0.1) is 0 Å². The molecule has 1 aromatic carbocycles. The highest BCUT2D eigenvalue weighted by molar-refractivity contribution is 5.76. The van der Waals surface area contributed by atoms with Gasteiger partial charge in [0.05, 0.1) is 14.2 Å². The van der Waals surface area contributed by atoms with Gasteiger partial charge in [0.1, 0.15) is 11.5 Å². The van der Waals surface area contributed by atoms with Gasteiger partial charge in [0.15, 0.2) is 0 Å². The van der Waals surface area contributed by atoms with E-state index in [1.54, 1.807) is 19.1 Å². The molecule has 2 amide bonds. The van der Waals surface area contributed by atoms with Gasteiger partial charge in [-0.15, -0.1) is 0 Å². The van der Waals surface area contributed by atoms with Crippen molar-refractivity contribution < 1.29 is 14.3 Å². The number of hydrogen-bond donors (Lipinski definition) is 1. The summed E-state index contributed by atoms with van der Waals surface area (Å²) < 4.78 is 10.4. The summed E-state index contributed by atoms with van der Waals surface area (Å²) in [6, 6.07) is 5.61. The van der Waals surface area contributed by atoms with Gasteiger partial charge in [-0.2, -0.15) is 0 Å². The van der Waals surface area contributed by atoms with Crippen molar-refractivity contribution in [2.75, 3.05) is 27.3 Å². The summed E-state index contributed by atoms with van der Waals surface area (Å²) in [5.41, 5.74) is 0.998. The molecule has 92 valence electrons. The highest BCUT2D eigenvalue weighted by Crippen LogP contribution is 2.23. The van der Waals surface area contributed by atoms with Crippen LogP contribution in [0.4, 0.5) is 4.79 Å². The summed E-state index contributed by atoms with van der Waals surface area (Å²) in [5.74, 6) is 1.47. The molecule has 0 saturated carbocycles. The highest BCUT2D eigenvalue weighted by Gasteiger charge is 2.19. The summed E-state index contributed by atoms with van der Waals surface area (Å²) in [6.07, 6.45) is 0. The highest BCUT2D eigenvalue weighted by atomic mass is 16.5. The lowest BCUT2D eigenvalue weighted by Crippen LogP contribution is -2.27. The van der Waals surface area contributed by atoms with E-state index < -0.39 is 0 Å². The van der Waals surface area contributed by atoms with E-state index in [9.17, 15) is 4.79 Å². The van der Waals surface area contributed by atoms with E-state index in [1.807, 2.05) is 18.2 Å². The van der Waals surface area contributed by atoms with Crippen molar-refractivity contribution in [2.45, 2.75) is 6.54 Å². The number of urea groups is 1. The molecule has 5 heteroatoms. The lowest BCUT2D eigenvalue weighted by Gasteiger charge is -2.15. The molecule has 1 N–H and O–H groups in total. The molecule has 1 fully saturated rings. The summed E-state index contributed by atoms with van der Waals surface area (Å²) in [6.45, 7) is 2.01. The zero-order chi connectivity index (χ0) is 12.3. The molecule has 1 saturated heterocycles. The van der Waals surface area contributed by atoms with Crippen molar-refractivity contribution in [3.63, 3.8) is 0 Å². The quantitative estimate of drug-likeness (QED) is 0.855. The second kappa shape index (κ2) is 4.95. The molecule has 0 radical (unpaired) electrons. The normalized spacial score (nSPS) is 14.7. The van der Waals surface area contributed by atoms with Crippen LogP contribution in [0.5, 0.6) is 11.5 Å². The Morgan fingerprint density at radius 2 is 1.88 bits per heavy atom. The number of benzene rings is 1. The molecule has 0 spiro atoms. The second-order valence-electron chi connectivity index (χ2n) is 3.87. The Balaban J connectivity index is 2.16. The second-order valence-corrected chi connectivity index (χ2v) is 3.87. The summed E-state index contributed by atoms with van der Waals surface area (Å²) in [7, 11) is 3.22. The maximum atomic E-state index is 11.4. The Morgan fingerprint density at radius 3 is 2.35 bits per heavy atom. The first-order chi connectivity index (χ1) is 8.22. The van der Waals surface area contributed by atoms with Crippen LogP contribution in [0.3, 0.4) is 0 Å². The van der Waals surface area contributed by atoms with E-state index in [0.29, 0.717) is 13.1 Å². The van der Waals surface area contributed by atoms with Crippen LogP contribution < -0.4 is 14.8 Å². The molecule has 5 nitrogen and oxygen atoms in total. The van der Waals surface area contributed by atoms with Gasteiger partial charge in [0, 0.05) is 25.7 Å². The number of hydrogen-bond acceptors (Lipinski definition) is 3. The lowest BCUT2D eigenvalue weighted by atomic mass is 10.2. The van der Waals surface area contributed by atoms with Gasteiger partial charge in [-0.1, -0.05) is 0 Å². The van der Waals surface area contributed by atoms with Gasteiger partial charge in [-0.3, -0.25) is 0 Å². The first-order valence-electron chi connectivity index (χ1n) is 5.47. The molecule has 1 heterocycles. The van der Waals surface area contributed by atoms with Crippen molar-refractivity contribution in [3.8, 4) is 11.5 Å². The monoisotopic (exact) mass is 236 g/mol. The van der Waals surface area contributed by atoms with Crippen molar-refractivity contribution in [2.24, 2.45) is 0 Å². The fraction of sp³-hybridized carbons (Fsp3) is 0.417. The summed E-state index contributed by atoms with van der Waals surface area (Å²) in [5, 5.41) is 2.77. The van der Waals surface area contributed by atoms with E-state index in [0.717, 1.165) is 23.6 Å². The van der Waals surface area contributed by atoms with Crippen LogP contribution in [-0.2, 0) is 6.54 Å². The van der Waals surface area contributed by atoms with E-state index in [1.165, 1.54) is 0 Å². The Hall–Kier alpha value is -1.91. The molecule has 0 aliphatic carbocycles. The minimum absolute atomic E-state index is 0.0215. The average Bonchev–Trinajstić information content (AvgIpc) is 2.74. The number of amides is 2. The summed E-state index contributed by atoms with van der Waals surface area (Å²) in [4.78, 5) is 13.2. The van der Waals surface area contributed by atoms with Gasteiger partial charge in [0.2, 0.25) is 0 Å². The third-order valence-corrected chi connectivity index (χ3v) is 2.73. The van der Waals surface area contributed by atoms with Crippen LogP contribution in [0.2, 0.25) is 0 Å². The molecular weight excluding hydrogens is 220 g/mol. The Morgan fingerprint density at radius 1 is 1.24 bits per heavy atom. The predicted molar refractivity (Wildman–Crippen MR) is 63.4 cm³/mol. The van der Waals surface area contributed by atoms with Gasteiger partial charge >= 0.3 is 6.03 Å². The van der Waals surface area contributed by atoms with E-state index >= 15 is 0 Å². The smallest absolute Gasteiger partial charge is 0.317 e. The first-order valence-corrected chi connectivity index (χ1v) is 5.47. The SMILES string of the molecule is COc1cc(CN2CCNC2=O)cc(OC)c1. The summed E-state index contributed by atoms with van der Waals surface area (Å²) >= 11 is 0. The molecule has 1 aliphatic heterocycles. The lowest BCUT2D eigenvalue weighted by molar-refractivity contribution is 0.215. The third kappa shape index (κ3) is 2.61. The number of carbonyl (C=O) groups is 1. The van der Waals surface area contributed by atoms with Gasteiger partial charge in [-0.25, -0.2) is 4.79 Å². The number of rotatable bonds is 4. The maximum Gasteiger partial charge on any atom is 0.317 e. The minimum Gasteiger partial charge on any atom is -0.497 e. The van der Waals surface area contributed by atoms with Crippen molar-refractivity contribution in [1.82, 2.24) is 10.2 Å². The van der Waals surface area contributed by atoms with Crippen LogP contribution in [0.25, 0.3) is 0 Å². The third-order valence-electron chi connectivity index (χ3n) is 2.73. The standard InChI is InChI=1S/C12H16N2O3/c1-16-10-5-9(6-11(7-10)17-2)8-14-4-3-13-12(14)15/h5-7H,3-4,8H2,1-2H3,(H,13,15). The number of nitrogens with one attached hydrogen (secondary N) is 1. The molecule has 0 aromatic heterocycles. The fourth-order valence-electron chi connectivity index (χ4n) is 1.84. The minimum atomic E-state index is -0.0215. The van der Waals surface area contributed by atoms with Gasteiger partial charge < -0.3 is 19.7 Å². The molecule has 2 rings (SSSR count). The van der Waals surface area contributed by atoms with Crippen LogP contribution >= 0.6 is 0 Å². The zero-order valence-corrected chi connectivity index (χ0v) is 10.0. The molecule has 0 atom stereocenters. The van der Waals surface area contributed by atoms with Crippen LogP contribution in [0.15, 0.2) is 18.2 Å². The van der Waals surface area contributed by atoms with E-state index in [-0.39, 0.29) is 6.03 Å². The number of ether oxygens (including phenoxy) is 2. The molecular formula is C12H16N2O3. The number of methoxy groups -OCH3 is 2. The first kappa shape index (κ1) is 11.6. The van der Waals surface area contributed by atoms with Crippen molar-refractivity contribution in [3.05, 3.63) is 23.8 Å². The Bertz CT molecular complexity index is 398. The van der Waals surface area contributed by atoms with Gasteiger partial charge in [0.25, 0.3) is 0 Å². The van der Waals surface area contributed by atoms with Crippen LogP contribution in [-0.4, -0.2) is 38.2 Å². The van der Waals surface area contributed by atoms with Crippen molar-refractivity contribution in [1.29, 1.82) is 0 Å². The molecule has 1 aliphatic rings. The van der Waals surface area contributed by atoms with Gasteiger partial charge in [-0.05, 0) is 17.7 Å². The van der Waals surface area contributed by atoms with E-state index in [2.05, 4.69) is 5.32 Å². The zero-order valence-electron chi connectivity index (χ0n) is 10.0.